The number of aliphatic carboxylic acids is 1. The molecule has 1 aromatic rings. The highest BCUT2D eigenvalue weighted by Crippen LogP contribution is 2.45. The molecule has 31 heavy (non-hydrogen) atoms. The van der Waals surface area contributed by atoms with Crippen molar-refractivity contribution in [3.8, 4) is 0 Å². The van der Waals surface area contributed by atoms with E-state index in [9.17, 15) is 26.4 Å². The third-order valence-corrected chi connectivity index (χ3v) is 8.45. The fourth-order valence-electron chi connectivity index (χ4n) is 3.79. The Morgan fingerprint density at radius 3 is 2.26 bits per heavy atom. The Morgan fingerprint density at radius 2 is 1.74 bits per heavy atom. The van der Waals surface area contributed by atoms with Crippen molar-refractivity contribution >= 4 is 21.7 Å². The number of pyridine rings is 1. The van der Waals surface area contributed by atoms with Gasteiger partial charge in [-0.3, -0.25) is 9.78 Å². The van der Waals surface area contributed by atoms with Crippen molar-refractivity contribution < 1.29 is 41.0 Å². The molecule has 8 nitrogen and oxygen atoms in total. The number of nitrogens with zero attached hydrogens (tertiary/aromatic N) is 2. The van der Waals surface area contributed by atoms with Crippen LogP contribution in [0.4, 0.5) is 13.2 Å². The van der Waals surface area contributed by atoms with Gasteiger partial charge in [-0.05, 0) is 37.3 Å². The van der Waals surface area contributed by atoms with Gasteiger partial charge in [-0.2, -0.15) is 13.2 Å². The quantitative estimate of drug-likeness (QED) is 0.707. The van der Waals surface area contributed by atoms with Gasteiger partial charge in [0, 0.05) is 43.6 Å². The van der Waals surface area contributed by atoms with Gasteiger partial charge in [0.25, 0.3) is 5.91 Å². The third-order valence-electron chi connectivity index (χ3n) is 5.84. The molecule has 172 valence electrons. The smallest absolute Gasteiger partial charge is 0.475 e. The SMILES string of the molecule is O=C(O)C(F)(F)F.O=C(c1ccncc1)N1CC2(C1)C(COCC1CC1)CCS2(=O)=O. The fourth-order valence-corrected chi connectivity index (χ4v) is 6.19. The highest BCUT2D eigenvalue weighted by atomic mass is 32.2. The molecule has 1 atom stereocenters. The monoisotopic (exact) mass is 464 g/mol. The third kappa shape index (κ3) is 5.17. The van der Waals surface area contributed by atoms with Crippen molar-refractivity contribution in [3.05, 3.63) is 30.1 Å². The van der Waals surface area contributed by atoms with Crippen LogP contribution in [-0.4, -0.2) is 78.3 Å². The van der Waals surface area contributed by atoms with Gasteiger partial charge in [-0.25, -0.2) is 13.2 Å². The lowest BCUT2D eigenvalue weighted by Gasteiger charge is -2.49. The normalized spacial score (nSPS) is 23.6. The van der Waals surface area contributed by atoms with Crippen LogP contribution in [0.5, 0.6) is 0 Å². The molecule has 2 saturated heterocycles. The summed E-state index contributed by atoms with van der Waals surface area (Å²) in [6.07, 6.45) is 1.15. The van der Waals surface area contributed by atoms with E-state index in [1.54, 1.807) is 29.4 Å². The lowest BCUT2D eigenvalue weighted by Crippen LogP contribution is -2.68. The molecule has 1 N–H and O–H groups in total. The summed E-state index contributed by atoms with van der Waals surface area (Å²) in [6.45, 7) is 1.81. The van der Waals surface area contributed by atoms with Crippen LogP contribution in [0, 0.1) is 11.8 Å². The van der Waals surface area contributed by atoms with Gasteiger partial charge in [-0.1, -0.05) is 0 Å². The van der Waals surface area contributed by atoms with Gasteiger partial charge in [0.1, 0.15) is 4.75 Å². The van der Waals surface area contributed by atoms with Crippen molar-refractivity contribution in [2.45, 2.75) is 30.2 Å². The van der Waals surface area contributed by atoms with E-state index in [2.05, 4.69) is 4.98 Å². The standard InChI is InChI=1S/C17H22N2O4S.C2HF3O2/c20-16(14-3-6-18-7-4-14)19-11-17(12-19)15(5-8-24(17,21)22)10-23-9-13-1-2-13;3-2(4,5)1(6)7/h3-4,6-7,13,15H,1-2,5,8-12H2;(H,6,7). The van der Waals surface area contributed by atoms with Crippen molar-refractivity contribution in [1.29, 1.82) is 0 Å². The Morgan fingerprint density at radius 1 is 1.16 bits per heavy atom. The number of carboxylic acid groups (broad SMARTS) is 1. The molecule has 1 aliphatic carbocycles. The van der Waals surface area contributed by atoms with Crippen LogP contribution < -0.4 is 0 Å². The zero-order valence-corrected chi connectivity index (χ0v) is 17.4. The van der Waals surface area contributed by atoms with E-state index in [-0.39, 0.29) is 30.7 Å². The number of ether oxygens (including phenoxy) is 1. The molecule has 3 fully saturated rings. The summed E-state index contributed by atoms with van der Waals surface area (Å²) in [7, 11) is -3.17. The van der Waals surface area contributed by atoms with E-state index in [1.807, 2.05) is 0 Å². The van der Waals surface area contributed by atoms with Crippen molar-refractivity contribution in [3.63, 3.8) is 0 Å². The Hall–Kier alpha value is -2.21. The highest BCUT2D eigenvalue weighted by molar-refractivity contribution is 7.93. The van der Waals surface area contributed by atoms with E-state index in [1.165, 1.54) is 12.8 Å². The number of hydrogen-bond donors (Lipinski definition) is 1. The van der Waals surface area contributed by atoms with Crippen molar-refractivity contribution in [2.24, 2.45) is 11.8 Å². The summed E-state index contributed by atoms with van der Waals surface area (Å²) < 4.78 is 61.9. The summed E-state index contributed by atoms with van der Waals surface area (Å²) in [4.78, 5) is 26.9. The second-order valence-corrected chi connectivity index (χ2v) is 10.5. The molecule has 1 amide bonds. The summed E-state index contributed by atoms with van der Waals surface area (Å²) in [5, 5.41) is 7.12. The minimum atomic E-state index is -5.08. The fraction of sp³-hybridized carbons (Fsp3) is 0.632. The molecule has 1 spiro atoms. The molecule has 3 heterocycles. The predicted molar refractivity (Wildman–Crippen MR) is 102 cm³/mol. The van der Waals surface area contributed by atoms with Crippen LogP contribution in [0.1, 0.15) is 29.6 Å². The van der Waals surface area contributed by atoms with Crippen LogP contribution in [0.3, 0.4) is 0 Å². The summed E-state index contributed by atoms with van der Waals surface area (Å²) >= 11 is 0. The van der Waals surface area contributed by atoms with E-state index in [0.717, 1.165) is 6.61 Å². The number of amides is 1. The van der Waals surface area contributed by atoms with Crippen LogP contribution in [0.2, 0.25) is 0 Å². The number of halogens is 3. The second-order valence-electron chi connectivity index (χ2n) is 8.05. The Bertz CT molecular complexity index is 912. The van der Waals surface area contributed by atoms with Gasteiger partial charge >= 0.3 is 12.1 Å². The maximum Gasteiger partial charge on any atom is 0.490 e. The minimum Gasteiger partial charge on any atom is -0.475 e. The molecule has 1 unspecified atom stereocenters. The van der Waals surface area contributed by atoms with E-state index in [4.69, 9.17) is 14.6 Å². The zero-order valence-electron chi connectivity index (χ0n) is 16.5. The minimum absolute atomic E-state index is 0.00254. The zero-order chi connectivity index (χ0) is 22.9. The number of aromatic nitrogens is 1. The number of hydrogen-bond acceptors (Lipinski definition) is 6. The molecule has 0 aromatic carbocycles. The number of likely N-dealkylation sites (tertiary alicyclic amines) is 1. The number of rotatable bonds is 5. The summed E-state index contributed by atoms with van der Waals surface area (Å²) in [5.74, 6) is -2.00. The first-order valence-corrected chi connectivity index (χ1v) is 11.4. The average molecular weight is 464 g/mol. The maximum absolute atomic E-state index is 12.6. The molecule has 0 bridgehead atoms. The van der Waals surface area contributed by atoms with Gasteiger partial charge in [0.05, 0.1) is 12.4 Å². The molecular weight excluding hydrogens is 441 g/mol. The topological polar surface area (TPSA) is 114 Å². The van der Waals surface area contributed by atoms with Gasteiger partial charge in [-0.15, -0.1) is 0 Å². The van der Waals surface area contributed by atoms with E-state index in [0.29, 0.717) is 24.5 Å². The molecule has 0 radical (unpaired) electrons. The molecule has 1 aromatic heterocycles. The Balaban J connectivity index is 0.000000339. The number of carbonyl (C=O) groups excluding carboxylic acids is 1. The Kier molecular flexibility index (Phi) is 6.61. The van der Waals surface area contributed by atoms with E-state index < -0.39 is 26.7 Å². The summed E-state index contributed by atoms with van der Waals surface area (Å²) in [6, 6.07) is 3.32. The number of carboxylic acids is 1. The first-order chi connectivity index (χ1) is 14.5. The first-order valence-electron chi connectivity index (χ1n) is 9.76. The van der Waals surface area contributed by atoms with Crippen molar-refractivity contribution in [2.75, 3.05) is 32.1 Å². The van der Waals surface area contributed by atoms with Crippen LogP contribution in [0.25, 0.3) is 0 Å². The molecule has 2 aliphatic heterocycles. The molecule has 1 saturated carbocycles. The highest BCUT2D eigenvalue weighted by Gasteiger charge is 2.62. The predicted octanol–water partition coefficient (Wildman–Crippen LogP) is 1.77. The Labute approximate surface area is 177 Å². The number of carbonyl (C=O) groups is 2. The molecular formula is C19H23F3N2O6S. The lowest BCUT2D eigenvalue weighted by molar-refractivity contribution is -0.192. The largest absolute Gasteiger partial charge is 0.490 e. The molecule has 4 rings (SSSR count). The molecule has 3 aliphatic rings. The first kappa shape index (κ1) is 23.5. The van der Waals surface area contributed by atoms with Crippen LogP contribution in [0.15, 0.2) is 24.5 Å². The number of sulfone groups is 1. The van der Waals surface area contributed by atoms with Crippen LogP contribution >= 0.6 is 0 Å². The summed E-state index contributed by atoms with van der Waals surface area (Å²) in [5.41, 5.74) is 0.553. The van der Waals surface area contributed by atoms with E-state index >= 15 is 0 Å². The van der Waals surface area contributed by atoms with Crippen molar-refractivity contribution in [1.82, 2.24) is 9.88 Å². The molecule has 12 heteroatoms. The van der Waals surface area contributed by atoms with Gasteiger partial charge < -0.3 is 14.7 Å². The van der Waals surface area contributed by atoms with Crippen LogP contribution in [-0.2, 0) is 19.4 Å². The average Bonchev–Trinajstić information content (AvgIpc) is 3.44. The van der Waals surface area contributed by atoms with Gasteiger partial charge in [0.15, 0.2) is 9.84 Å². The maximum atomic E-state index is 12.6. The van der Waals surface area contributed by atoms with Gasteiger partial charge in [0.2, 0.25) is 0 Å². The second kappa shape index (κ2) is 8.73. The lowest BCUT2D eigenvalue weighted by atomic mass is 9.83. The number of alkyl halides is 3.